The lowest BCUT2D eigenvalue weighted by molar-refractivity contribution is 0.0224. The molecule has 0 aliphatic carbocycles. The van der Waals surface area contributed by atoms with Crippen LogP contribution < -0.4 is 10.1 Å². The predicted octanol–water partition coefficient (Wildman–Crippen LogP) is 4.43. The molecule has 6 nitrogen and oxygen atoms in total. The van der Waals surface area contributed by atoms with E-state index in [0.717, 1.165) is 0 Å². The van der Waals surface area contributed by atoms with Gasteiger partial charge in [-0.2, -0.15) is 0 Å². The molecule has 0 saturated carbocycles. The molecular formula is C22H15NO5S. The highest BCUT2D eigenvalue weighted by molar-refractivity contribution is 7.80. The number of hydrogen-bond acceptors (Lipinski definition) is 6. The fourth-order valence-corrected chi connectivity index (χ4v) is 4.15. The van der Waals surface area contributed by atoms with Crippen molar-refractivity contribution in [1.82, 2.24) is 0 Å². The topological polar surface area (TPSA) is 88.0 Å². The van der Waals surface area contributed by atoms with Crippen LogP contribution in [-0.4, -0.2) is 21.2 Å². The van der Waals surface area contributed by atoms with E-state index < -0.39 is 11.6 Å². The third-order valence-electron chi connectivity index (χ3n) is 5.11. The molecule has 0 radical (unpaired) electrons. The molecule has 2 heterocycles. The fraction of sp³-hybridized carbons (Fsp3) is 0.0909. The smallest absolute Gasteiger partial charge is 0.342 e. The summed E-state index contributed by atoms with van der Waals surface area (Å²) < 4.78 is 12.0. The summed E-state index contributed by atoms with van der Waals surface area (Å²) in [6.07, 6.45) is 0. The maximum atomic E-state index is 13.0. The number of thiocarbonyl (C=S) groups is 1. The van der Waals surface area contributed by atoms with Gasteiger partial charge in [0.1, 0.15) is 23.0 Å². The van der Waals surface area contributed by atoms with Gasteiger partial charge in [-0.1, -0.05) is 24.4 Å². The summed E-state index contributed by atoms with van der Waals surface area (Å²) in [6.45, 7) is 1.73. The number of phenolic OH excluding ortho intramolecular Hbond substituents is 2. The van der Waals surface area contributed by atoms with E-state index in [4.69, 9.17) is 21.7 Å². The highest BCUT2D eigenvalue weighted by atomic mass is 32.1. The summed E-state index contributed by atoms with van der Waals surface area (Å²) in [5.74, 6) is 0.207. The second-order valence-corrected chi connectivity index (χ2v) is 7.56. The highest BCUT2D eigenvalue weighted by Crippen LogP contribution is 2.57. The molecule has 0 unspecified atom stereocenters. The number of rotatable bonds is 1. The maximum absolute atomic E-state index is 13.0. The second kappa shape index (κ2) is 5.96. The van der Waals surface area contributed by atoms with Gasteiger partial charge in [-0.05, 0) is 37.3 Å². The van der Waals surface area contributed by atoms with Crippen LogP contribution in [-0.2, 0) is 10.3 Å². The number of anilines is 1. The molecule has 0 bridgehead atoms. The molecule has 3 aromatic rings. The van der Waals surface area contributed by atoms with Gasteiger partial charge in [0.05, 0.1) is 16.2 Å². The number of hydrogen-bond donors (Lipinski definition) is 3. The lowest BCUT2D eigenvalue weighted by Crippen LogP contribution is -2.32. The lowest BCUT2D eigenvalue weighted by atomic mass is 9.77. The molecule has 0 aromatic heterocycles. The van der Waals surface area contributed by atoms with E-state index in [1.54, 1.807) is 25.1 Å². The van der Waals surface area contributed by atoms with Crippen molar-refractivity contribution < 1.29 is 24.5 Å². The van der Waals surface area contributed by atoms with E-state index in [-0.39, 0.29) is 11.5 Å². The van der Waals surface area contributed by atoms with Gasteiger partial charge in [-0.15, -0.1) is 0 Å². The fourth-order valence-electron chi connectivity index (χ4n) is 4.04. The summed E-state index contributed by atoms with van der Waals surface area (Å²) in [4.78, 5) is 13.6. The monoisotopic (exact) mass is 405 g/mol. The molecule has 2 aliphatic heterocycles. The first-order valence-corrected chi connectivity index (χ1v) is 9.30. The summed E-state index contributed by atoms with van der Waals surface area (Å²) in [7, 11) is 0. The highest BCUT2D eigenvalue weighted by Gasteiger charge is 2.54. The van der Waals surface area contributed by atoms with E-state index in [0.29, 0.717) is 44.4 Å². The average Bonchev–Trinajstić information content (AvgIpc) is 2.95. The zero-order valence-corrected chi connectivity index (χ0v) is 16.0. The van der Waals surface area contributed by atoms with Crippen molar-refractivity contribution in [3.8, 4) is 23.0 Å². The van der Waals surface area contributed by atoms with Crippen LogP contribution in [0, 0.1) is 0 Å². The number of carbonyl (C=O) groups excluding carboxylic acids is 1. The van der Waals surface area contributed by atoms with Crippen LogP contribution in [0.5, 0.6) is 23.0 Å². The van der Waals surface area contributed by atoms with Crippen LogP contribution in [0.15, 0.2) is 54.6 Å². The molecular weight excluding hydrogens is 390 g/mol. The standard InChI is InChI=1S/C22H15NO5S/c1-11(29)23-17-4-2-3-16-20(17)21(26)28-22(16)14-7-5-12(24)9-18(14)27-19-10-13(25)6-8-15(19)22/h2-10,24-25H,1H3,(H,23,29). The van der Waals surface area contributed by atoms with Crippen LogP contribution in [0.25, 0.3) is 0 Å². The minimum Gasteiger partial charge on any atom is -0.508 e. The Hall–Kier alpha value is -3.58. The normalized spacial score (nSPS) is 15.0. The van der Waals surface area contributed by atoms with Gasteiger partial charge in [-0.25, -0.2) is 4.79 Å². The van der Waals surface area contributed by atoms with E-state index in [2.05, 4.69) is 5.32 Å². The zero-order chi connectivity index (χ0) is 20.3. The van der Waals surface area contributed by atoms with E-state index >= 15 is 0 Å². The van der Waals surface area contributed by atoms with Gasteiger partial charge >= 0.3 is 5.97 Å². The molecule has 0 atom stereocenters. The SMILES string of the molecule is CC(=S)Nc1cccc2c1C(=O)OC21c2ccc(O)cc2Oc2cc(O)ccc21. The number of aromatic hydroxyl groups is 2. The number of phenols is 2. The number of ether oxygens (including phenoxy) is 2. The van der Waals surface area contributed by atoms with Gasteiger partial charge < -0.3 is 25.0 Å². The molecule has 0 fully saturated rings. The van der Waals surface area contributed by atoms with E-state index in [9.17, 15) is 15.0 Å². The molecule has 144 valence electrons. The summed E-state index contributed by atoms with van der Waals surface area (Å²) in [6, 6.07) is 14.7. The third-order valence-corrected chi connectivity index (χ3v) is 5.22. The van der Waals surface area contributed by atoms with Crippen LogP contribution in [0.3, 0.4) is 0 Å². The number of nitrogens with one attached hydrogen (secondary N) is 1. The minimum atomic E-state index is -1.27. The molecule has 29 heavy (non-hydrogen) atoms. The molecule has 3 aromatic carbocycles. The van der Waals surface area contributed by atoms with E-state index in [1.807, 2.05) is 12.1 Å². The number of esters is 1. The van der Waals surface area contributed by atoms with Gasteiger partial charge in [0.25, 0.3) is 0 Å². The maximum Gasteiger partial charge on any atom is 0.342 e. The van der Waals surface area contributed by atoms with Crippen LogP contribution in [0.4, 0.5) is 5.69 Å². The Labute approximate surface area is 171 Å². The van der Waals surface area contributed by atoms with Crippen molar-refractivity contribution in [3.05, 3.63) is 76.9 Å². The van der Waals surface area contributed by atoms with Crippen molar-refractivity contribution >= 4 is 28.9 Å². The van der Waals surface area contributed by atoms with Crippen LogP contribution in [0.2, 0.25) is 0 Å². The molecule has 2 aliphatic rings. The average molecular weight is 405 g/mol. The van der Waals surface area contributed by atoms with Gasteiger partial charge in [0, 0.05) is 28.8 Å². The minimum absolute atomic E-state index is 0.0128. The Morgan fingerprint density at radius 2 is 1.59 bits per heavy atom. The molecule has 0 amide bonds. The predicted molar refractivity (Wildman–Crippen MR) is 110 cm³/mol. The van der Waals surface area contributed by atoms with Crippen molar-refractivity contribution in [2.45, 2.75) is 12.5 Å². The molecule has 0 saturated heterocycles. The van der Waals surface area contributed by atoms with Crippen molar-refractivity contribution in [2.24, 2.45) is 0 Å². The zero-order valence-electron chi connectivity index (χ0n) is 15.2. The van der Waals surface area contributed by atoms with Crippen LogP contribution in [0.1, 0.15) is 34.0 Å². The molecule has 5 rings (SSSR count). The first kappa shape index (κ1) is 17.5. The van der Waals surface area contributed by atoms with Gasteiger partial charge in [0.2, 0.25) is 0 Å². The largest absolute Gasteiger partial charge is 0.508 e. The first-order chi connectivity index (χ1) is 13.9. The lowest BCUT2D eigenvalue weighted by Gasteiger charge is -2.36. The Bertz CT molecular complexity index is 1170. The number of carbonyl (C=O) groups is 1. The molecule has 7 heteroatoms. The Kier molecular flexibility index (Phi) is 3.60. The second-order valence-electron chi connectivity index (χ2n) is 6.94. The number of fused-ring (bicyclic) bond motifs is 6. The van der Waals surface area contributed by atoms with Crippen LogP contribution >= 0.6 is 12.2 Å². The van der Waals surface area contributed by atoms with E-state index in [1.165, 1.54) is 24.3 Å². The van der Waals surface area contributed by atoms with Crippen molar-refractivity contribution in [1.29, 1.82) is 0 Å². The van der Waals surface area contributed by atoms with Gasteiger partial charge in [-0.3, -0.25) is 0 Å². The summed E-state index contributed by atoms with van der Waals surface area (Å²) in [5.41, 5.74) is 1.46. The summed E-state index contributed by atoms with van der Waals surface area (Å²) in [5, 5.41) is 22.9. The third kappa shape index (κ3) is 2.41. The molecule has 3 N–H and O–H groups in total. The first-order valence-electron chi connectivity index (χ1n) is 8.89. The number of benzene rings is 3. The summed E-state index contributed by atoms with van der Waals surface area (Å²) >= 11 is 5.15. The Balaban J connectivity index is 1.86. The van der Waals surface area contributed by atoms with Crippen molar-refractivity contribution in [3.63, 3.8) is 0 Å². The quantitative estimate of drug-likeness (QED) is 0.408. The Morgan fingerprint density at radius 3 is 2.17 bits per heavy atom. The Morgan fingerprint density at radius 1 is 0.966 bits per heavy atom. The van der Waals surface area contributed by atoms with Crippen molar-refractivity contribution in [2.75, 3.05) is 5.32 Å². The molecule has 1 spiro atoms. The van der Waals surface area contributed by atoms with Gasteiger partial charge in [0.15, 0.2) is 5.60 Å².